The highest BCUT2D eigenvalue weighted by molar-refractivity contribution is 8.00. The second kappa shape index (κ2) is 8.72. The quantitative estimate of drug-likeness (QED) is 0.599. The molecule has 0 radical (unpaired) electrons. The Morgan fingerprint density at radius 2 is 1.77 bits per heavy atom. The molecule has 1 aromatic heterocycles. The van der Waals surface area contributed by atoms with Crippen LogP contribution in [0.4, 0.5) is 5.82 Å². The highest BCUT2D eigenvalue weighted by Gasteiger charge is 2.33. The fourth-order valence-corrected chi connectivity index (χ4v) is 5.06. The summed E-state index contributed by atoms with van der Waals surface area (Å²) in [7, 11) is 4.75. The van der Waals surface area contributed by atoms with Crippen LogP contribution in [0.2, 0.25) is 5.02 Å². The number of rotatable bonds is 5. The van der Waals surface area contributed by atoms with E-state index in [-0.39, 0.29) is 16.9 Å². The molecule has 1 atom stereocenters. The number of fused-ring (bicyclic) bond motifs is 1. The van der Waals surface area contributed by atoms with Crippen molar-refractivity contribution in [3.8, 4) is 22.9 Å². The van der Waals surface area contributed by atoms with Gasteiger partial charge in [-0.15, -0.1) is 11.8 Å². The zero-order chi connectivity index (χ0) is 22.1. The third-order valence-electron chi connectivity index (χ3n) is 5.10. The first-order chi connectivity index (χ1) is 15.0. The van der Waals surface area contributed by atoms with Crippen molar-refractivity contribution in [1.29, 1.82) is 0 Å². The van der Waals surface area contributed by atoms with E-state index in [1.54, 1.807) is 38.1 Å². The van der Waals surface area contributed by atoms with Gasteiger partial charge in [0, 0.05) is 16.1 Å². The van der Waals surface area contributed by atoms with Crippen LogP contribution in [0.3, 0.4) is 0 Å². The van der Waals surface area contributed by atoms with Gasteiger partial charge < -0.3 is 19.5 Å². The molecule has 9 heteroatoms. The topological polar surface area (TPSA) is 74.6 Å². The summed E-state index contributed by atoms with van der Waals surface area (Å²) >= 11 is 7.56. The molecule has 1 unspecified atom stereocenters. The van der Waals surface area contributed by atoms with Crippen LogP contribution in [-0.4, -0.2) is 42.8 Å². The molecule has 3 aromatic rings. The molecular formula is C22H22ClN3O4S. The van der Waals surface area contributed by atoms with Crippen molar-refractivity contribution in [2.45, 2.75) is 12.2 Å². The Hall–Kier alpha value is -2.84. The van der Waals surface area contributed by atoms with Gasteiger partial charge in [0.2, 0.25) is 11.7 Å². The molecule has 1 aliphatic heterocycles. The lowest BCUT2D eigenvalue weighted by atomic mass is 10.0. The number of nitrogens with one attached hydrogen (secondary N) is 1. The lowest BCUT2D eigenvalue weighted by Crippen LogP contribution is -2.15. The first-order valence-electron chi connectivity index (χ1n) is 9.54. The second-order valence-electron chi connectivity index (χ2n) is 6.90. The van der Waals surface area contributed by atoms with Gasteiger partial charge in [0.1, 0.15) is 5.82 Å². The molecule has 0 spiro atoms. The predicted molar refractivity (Wildman–Crippen MR) is 122 cm³/mol. The average molecular weight is 460 g/mol. The zero-order valence-corrected chi connectivity index (χ0v) is 19.1. The van der Waals surface area contributed by atoms with Crippen molar-refractivity contribution in [2.75, 3.05) is 32.4 Å². The van der Waals surface area contributed by atoms with E-state index in [1.165, 1.54) is 11.8 Å². The summed E-state index contributed by atoms with van der Waals surface area (Å²) in [4.78, 5) is 12.6. The minimum Gasteiger partial charge on any atom is -0.493 e. The van der Waals surface area contributed by atoms with Crippen molar-refractivity contribution >= 4 is 35.1 Å². The summed E-state index contributed by atoms with van der Waals surface area (Å²) < 4.78 is 18.5. The highest BCUT2D eigenvalue weighted by Crippen LogP contribution is 2.50. The van der Waals surface area contributed by atoms with Gasteiger partial charge in [-0.1, -0.05) is 11.6 Å². The summed E-state index contributed by atoms with van der Waals surface area (Å²) in [6.45, 7) is 1.93. The number of methoxy groups -OCH3 is 3. The Morgan fingerprint density at radius 3 is 2.42 bits per heavy atom. The molecule has 0 bridgehead atoms. The molecule has 7 nitrogen and oxygen atoms in total. The SMILES string of the molecule is COc1ccc(C2SCC(=O)Nc3c2c(C)nn3-c2ccc(Cl)cc2)c(OC)c1OC. The van der Waals surface area contributed by atoms with Crippen LogP contribution in [0.1, 0.15) is 22.1 Å². The van der Waals surface area contributed by atoms with E-state index in [0.717, 1.165) is 22.5 Å². The van der Waals surface area contributed by atoms with Crippen molar-refractivity contribution < 1.29 is 19.0 Å². The Labute approximate surface area is 189 Å². The molecular weight excluding hydrogens is 438 g/mol. The van der Waals surface area contributed by atoms with E-state index in [1.807, 2.05) is 31.2 Å². The van der Waals surface area contributed by atoms with Crippen LogP contribution in [0.15, 0.2) is 36.4 Å². The normalized spacial score (nSPS) is 15.6. The molecule has 2 aromatic carbocycles. The van der Waals surface area contributed by atoms with Crippen molar-refractivity contribution in [3.05, 3.63) is 58.2 Å². The third-order valence-corrected chi connectivity index (χ3v) is 6.60. The number of amides is 1. The van der Waals surface area contributed by atoms with Gasteiger partial charge in [-0.2, -0.15) is 5.10 Å². The lowest BCUT2D eigenvalue weighted by Gasteiger charge is -2.21. The van der Waals surface area contributed by atoms with E-state index >= 15 is 0 Å². The summed E-state index contributed by atoms with van der Waals surface area (Å²) in [5, 5.41) is 8.18. The van der Waals surface area contributed by atoms with Crippen LogP contribution >= 0.6 is 23.4 Å². The second-order valence-corrected chi connectivity index (χ2v) is 8.43. The Balaban J connectivity index is 1.92. The van der Waals surface area contributed by atoms with Crippen LogP contribution in [0.5, 0.6) is 17.2 Å². The molecule has 2 heterocycles. The maximum absolute atomic E-state index is 12.6. The summed E-state index contributed by atoms with van der Waals surface area (Å²) in [5.74, 6) is 2.48. The maximum atomic E-state index is 12.6. The molecule has 0 aliphatic carbocycles. The van der Waals surface area contributed by atoms with Gasteiger partial charge in [-0.25, -0.2) is 4.68 Å². The maximum Gasteiger partial charge on any atom is 0.235 e. The molecule has 4 rings (SSSR count). The number of thioether (sulfide) groups is 1. The first-order valence-corrected chi connectivity index (χ1v) is 11.0. The van der Waals surface area contributed by atoms with Gasteiger partial charge >= 0.3 is 0 Å². The molecule has 1 amide bonds. The fourth-order valence-electron chi connectivity index (χ4n) is 3.73. The average Bonchev–Trinajstić information content (AvgIpc) is 2.98. The standard InChI is InChI=1S/C22H22ClN3O4S/c1-12-18-21(15-9-10-16(28-2)20(30-4)19(15)29-3)31-11-17(27)24-22(18)26(25-12)14-7-5-13(23)6-8-14/h5-10,21H,11H2,1-4H3,(H,24,27). The number of carbonyl (C=O) groups is 1. The van der Waals surface area contributed by atoms with E-state index in [0.29, 0.717) is 28.1 Å². The number of ether oxygens (including phenoxy) is 3. The minimum atomic E-state index is -0.204. The Kier molecular flexibility index (Phi) is 6.02. The fraction of sp³-hybridized carbons (Fsp3) is 0.273. The van der Waals surface area contributed by atoms with Crippen molar-refractivity contribution in [3.63, 3.8) is 0 Å². The van der Waals surface area contributed by atoms with Crippen LogP contribution in [0, 0.1) is 6.92 Å². The third kappa shape index (κ3) is 3.81. The van der Waals surface area contributed by atoms with Crippen LogP contribution in [0.25, 0.3) is 5.69 Å². The molecule has 1 aliphatic rings. The van der Waals surface area contributed by atoms with Crippen LogP contribution in [-0.2, 0) is 4.79 Å². The van der Waals surface area contributed by atoms with Gasteiger partial charge in [0.05, 0.1) is 43.7 Å². The number of hydrogen-bond acceptors (Lipinski definition) is 6. The molecule has 0 fully saturated rings. The van der Waals surface area contributed by atoms with Gasteiger partial charge in [0.25, 0.3) is 0 Å². The van der Waals surface area contributed by atoms with Gasteiger partial charge in [0.15, 0.2) is 11.5 Å². The zero-order valence-electron chi connectivity index (χ0n) is 17.6. The lowest BCUT2D eigenvalue weighted by molar-refractivity contribution is -0.113. The van der Waals surface area contributed by atoms with Gasteiger partial charge in [-0.05, 0) is 43.3 Å². The van der Waals surface area contributed by atoms with E-state index in [2.05, 4.69) is 5.32 Å². The van der Waals surface area contributed by atoms with Crippen molar-refractivity contribution in [1.82, 2.24) is 9.78 Å². The summed E-state index contributed by atoms with van der Waals surface area (Å²) in [6, 6.07) is 11.1. The Morgan fingerprint density at radius 1 is 1.06 bits per heavy atom. The van der Waals surface area contributed by atoms with Crippen LogP contribution < -0.4 is 19.5 Å². The molecule has 1 N–H and O–H groups in total. The minimum absolute atomic E-state index is 0.0942. The molecule has 0 saturated carbocycles. The van der Waals surface area contributed by atoms with E-state index < -0.39 is 0 Å². The largest absolute Gasteiger partial charge is 0.493 e. The van der Waals surface area contributed by atoms with E-state index in [9.17, 15) is 4.79 Å². The number of nitrogens with zero attached hydrogens (tertiary/aromatic N) is 2. The summed E-state index contributed by atoms with van der Waals surface area (Å²) in [6.07, 6.45) is 0. The monoisotopic (exact) mass is 459 g/mol. The summed E-state index contributed by atoms with van der Waals surface area (Å²) in [5.41, 5.74) is 3.40. The molecule has 162 valence electrons. The Bertz CT molecular complexity index is 1130. The molecule has 0 saturated heterocycles. The number of benzene rings is 2. The molecule has 31 heavy (non-hydrogen) atoms. The smallest absolute Gasteiger partial charge is 0.235 e. The van der Waals surface area contributed by atoms with Crippen molar-refractivity contribution in [2.24, 2.45) is 0 Å². The number of halogens is 1. The number of hydrogen-bond donors (Lipinski definition) is 1. The first kappa shape index (κ1) is 21.4. The predicted octanol–water partition coefficient (Wildman–Crippen LogP) is 4.63. The number of aromatic nitrogens is 2. The highest BCUT2D eigenvalue weighted by atomic mass is 35.5. The number of aryl methyl sites for hydroxylation is 1. The van der Waals surface area contributed by atoms with E-state index in [4.69, 9.17) is 30.9 Å². The van der Waals surface area contributed by atoms with Gasteiger partial charge in [-0.3, -0.25) is 4.79 Å². The number of carbonyl (C=O) groups excluding carboxylic acids is 1. The number of anilines is 1.